The number of sulfonamides is 2. The quantitative estimate of drug-likeness (QED) is 0.213. The molecule has 232 valence electrons. The molecular weight excluding hydrogens is 645 g/mol. The summed E-state index contributed by atoms with van der Waals surface area (Å²) in [6.07, 6.45) is 0. The Morgan fingerprint density at radius 2 is 1.02 bits per heavy atom. The number of amides is 2. The summed E-state index contributed by atoms with van der Waals surface area (Å²) < 4.78 is 52.0. The van der Waals surface area contributed by atoms with E-state index in [9.17, 15) is 26.4 Å². The number of carbonyl (C=O) groups excluding carboxylic acids is 2. The number of thioether (sulfide) groups is 2. The van der Waals surface area contributed by atoms with E-state index < -0.39 is 20.0 Å². The van der Waals surface area contributed by atoms with E-state index in [-0.39, 0.29) is 33.1 Å². The molecule has 4 rings (SSSR count). The van der Waals surface area contributed by atoms with Gasteiger partial charge < -0.3 is 10.6 Å². The van der Waals surface area contributed by atoms with Crippen molar-refractivity contribution < 1.29 is 26.4 Å². The maximum absolute atomic E-state index is 12.8. The molecule has 2 N–H and O–H groups in total. The number of hydrogen-bond donors (Lipinski definition) is 2. The number of para-hydroxylation sites is 2. The van der Waals surface area contributed by atoms with Gasteiger partial charge in [0.05, 0.1) is 32.3 Å². The van der Waals surface area contributed by atoms with Crippen LogP contribution in [0.5, 0.6) is 0 Å². The summed E-state index contributed by atoms with van der Waals surface area (Å²) in [5, 5.41) is 6.31. The molecule has 0 spiro atoms. The van der Waals surface area contributed by atoms with Crippen molar-refractivity contribution >= 4 is 77.8 Å². The second-order valence-electron chi connectivity index (χ2n) is 9.63. The number of anilines is 2. The molecule has 0 radical (unpaired) electrons. The zero-order valence-corrected chi connectivity index (χ0v) is 27.5. The normalized spacial score (nSPS) is 12.0. The van der Waals surface area contributed by atoms with Gasteiger partial charge in [-0.15, -0.1) is 0 Å². The van der Waals surface area contributed by atoms with Crippen LogP contribution in [0.1, 0.15) is 0 Å². The average Bonchev–Trinajstić information content (AvgIpc) is 2.98. The molecule has 0 aliphatic carbocycles. The van der Waals surface area contributed by atoms with Crippen LogP contribution in [0, 0.1) is 0 Å². The Bertz CT molecular complexity index is 1780. The Morgan fingerprint density at radius 1 is 0.636 bits per heavy atom. The highest BCUT2D eigenvalue weighted by Crippen LogP contribution is 2.30. The highest BCUT2D eigenvalue weighted by molar-refractivity contribution is 8.02. The molecule has 4 aromatic rings. The van der Waals surface area contributed by atoms with Crippen molar-refractivity contribution in [1.29, 1.82) is 0 Å². The molecule has 0 atom stereocenters. The van der Waals surface area contributed by atoms with Crippen LogP contribution in [0.15, 0.2) is 92.6 Å². The Kier molecular flexibility index (Phi) is 10.6. The Hall–Kier alpha value is -3.54. The van der Waals surface area contributed by atoms with Gasteiger partial charge in [-0.1, -0.05) is 47.8 Å². The van der Waals surface area contributed by atoms with Crippen molar-refractivity contribution in [2.24, 2.45) is 0 Å². The first-order valence-corrected chi connectivity index (χ1v) is 17.8. The van der Waals surface area contributed by atoms with Crippen LogP contribution >= 0.6 is 23.5 Å². The predicted molar refractivity (Wildman–Crippen MR) is 173 cm³/mol. The fourth-order valence-electron chi connectivity index (χ4n) is 3.71. The van der Waals surface area contributed by atoms with Crippen molar-refractivity contribution in [2.45, 2.75) is 19.8 Å². The second-order valence-corrected chi connectivity index (χ2v) is 15.9. The van der Waals surface area contributed by atoms with Gasteiger partial charge >= 0.3 is 0 Å². The molecule has 3 aromatic carbocycles. The first-order valence-electron chi connectivity index (χ1n) is 12.9. The summed E-state index contributed by atoms with van der Waals surface area (Å²) in [6, 6.07) is 19.2. The standard InChI is InChI=1S/C28H30N6O6S4/c1-33(2)43(37,38)21-11-7-9-19(15-21)29-25(35)17-41-27-28(32-24-14-6-5-13-23(24)31-27)42-18-26(36)30-20-10-8-12-22(16-20)44(39,40)34(3)4/h5-16H,17-18H2,1-4H3,(H,29,35)(H,30,36). The first-order chi connectivity index (χ1) is 20.8. The third-order valence-electron chi connectivity index (χ3n) is 5.98. The fraction of sp³-hybridized carbons (Fsp3) is 0.214. The van der Waals surface area contributed by atoms with Crippen LogP contribution in [-0.2, 0) is 29.6 Å². The average molecular weight is 675 g/mol. The van der Waals surface area contributed by atoms with Gasteiger partial charge in [-0.2, -0.15) is 0 Å². The van der Waals surface area contributed by atoms with Crippen LogP contribution in [0.25, 0.3) is 11.0 Å². The second kappa shape index (κ2) is 14.0. The van der Waals surface area contributed by atoms with Crippen LogP contribution in [-0.4, -0.2) is 86.9 Å². The highest BCUT2D eigenvalue weighted by atomic mass is 32.2. The van der Waals surface area contributed by atoms with E-state index in [0.717, 1.165) is 32.1 Å². The number of nitrogens with one attached hydrogen (secondary N) is 2. The molecule has 0 aliphatic rings. The fourth-order valence-corrected chi connectivity index (χ4v) is 7.30. The molecule has 1 aromatic heterocycles. The molecule has 44 heavy (non-hydrogen) atoms. The number of benzene rings is 3. The molecule has 0 fully saturated rings. The van der Waals surface area contributed by atoms with Crippen molar-refractivity contribution in [3.05, 3.63) is 72.8 Å². The number of fused-ring (bicyclic) bond motifs is 1. The third kappa shape index (κ3) is 8.13. The molecule has 0 saturated heterocycles. The van der Waals surface area contributed by atoms with Crippen LogP contribution in [0.3, 0.4) is 0 Å². The molecule has 0 bridgehead atoms. The van der Waals surface area contributed by atoms with Crippen LogP contribution < -0.4 is 10.6 Å². The van der Waals surface area contributed by atoms with E-state index in [0.29, 0.717) is 32.5 Å². The van der Waals surface area contributed by atoms with Gasteiger partial charge in [0.1, 0.15) is 10.1 Å². The molecule has 12 nitrogen and oxygen atoms in total. The summed E-state index contributed by atoms with van der Waals surface area (Å²) >= 11 is 2.26. The number of hydrogen-bond acceptors (Lipinski definition) is 10. The number of carbonyl (C=O) groups is 2. The molecular formula is C28H30N6O6S4. The molecule has 0 aliphatic heterocycles. The number of aromatic nitrogens is 2. The lowest BCUT2D eigenvalue weighted by Gasteiger charge is -2.13. The lowest BCUT2D eigenvalue weighted by molar-refractivity contribution is -0.114. The van der Waals surface area contributed by atoms with E-state index in [4.69, 9.17) is 0 Å². The van der Waals surface area contributed by atoms with Gasteiger partial charge in [0.15, 0.2) is 0 Å². The molecule has 0 saturated carbocycles. The van der Waals surface area contributed by atoms with E-state index in [1.165, 1.54) is 52.5 Å². The van der Waals surface area contributed by atoms with Gasteiger partial charge in [-0.05, 0) is 48.5 Å². The van der Waals surface area contributed by atoms with Crippen molar-refractivity contribution in [3.63, 3.8) is 0 Å². The minimum absolute atomic E-state index is 0.0510. The maximum Gasteiger partial charge on any atom is 0.242 e. The van der Waals surface area contributed by atoms with Crippen molar-refractivity contribution in [3.8, 4) is 0 Å². The summed E-state index contributed by atoms with van der Waals surface area (Å²) in [6.45, 7) is 0. The zero-order chi connectivity index (χ0) is 32.1. The maximum atomic E-state index is 12.8. The smallest absolute Gasteiger partial charge is 0.242 e. The van der Waals surface area contributed by atoms with Gasteiger partial charge in [0, 0.05) is 39.6 Å². The minimum atomic E-state index is -3.67. The highest BCUT2D eigenvalue weighted by Gasteiger charge is 2.20. The van der Waals surface area contributed by atoms with Crippen molar-refractivity contribution in [1.82, 2.24) is 18.6 Å². The summed E-state index contributed by atoms with van der Waals surface area (Å²) in [7, 11) is -1.62. The van der Waals surface area contributed by atoms with E-state index in [2.05, 4.69) is 20.6 Å². The topological polar surface area (TPSA) is 159 Å². The molecule has 0 unspecified atom stereocenters. The number of rotatable bonds is 12. The van der Waals surface area contributed by atoms with E-state index in [1.807, 2.05) is 12.1 Å². The Labute approximate surface area is 264 Å². The Balaban J connectivity index is 1.45. The molecule has 16 heteroatoms. The third-order valence-corrected chi connectivity index (χ3v) is 11.7. The summed E-state index contributed by atoms with van der Waals surface area (Å²) in [4.78, 5) is 35.0. The summed E-state index contributed by atoms with van der Waals surface area (Å²) in [5.41, 5.74) is 1.89. The predicted octanol–water partition coefficient (Wildman–Crippen LogP) is 3.59. The lowest BCUT2D eigenvalue weighted by Crippen LogP contribution is -2.22. The molecule has 1 heterocycles. The molecule has 2 amide bonds. The minimum Gasteiger partial charge on any atom is -0.325 e. The van der Waals surface area contributed by atoms with Crippen LogP contribution in [0.2, 0.25) is 0 Å². The SMILES string of the molecule is CN(C)S(=O)(=O)c1cccc(NC(=O)CSc2nc3ccccc3nc2SCC(=O)Nc2cccc(S(=O)(=O)N(C)C)c2)c1. The first kappa shape index (κ1) is 33.4. The summed E-state index contributed by atoms with van der Waals surface area (Å²) in [5.74, 6) is -0.869. The monoisotopic (exact) mass is 674 g/mol. The van der Waals surface area contributed by atoms with E-state index >= 15 is 0 Å². The number of nitrogens with zero attached hydrogens (tertiary/aromatic N) is 4. The van der Waals surface area contributed by atoms with Gasteiger partial charge in [0.25, 0.3) is 0 Å². The van der Waals surface area contributed by atoms with Crippen LogP contribution in [0.4, 0.5) is 11.4 Å². The van der Waals surface area contributed by atoms with E-state index in [1.54, 1.807) is 36.4 Å². The lowest BCUT2D eigenvalue weighted by atomic mass is 10.3. The van der Waals surface area contributed by atoms with Gasteiger partial charge in [-0.3, -0.25) is 9.59 Å². The van der Waals surface area contributed by atoms with Crippen molar-refractivity contribution in [2.75, 3.05) is 50.3 Å². The van der Waals surface area contributed by atoms with Gasteiger partial charge in [-0.25, -0.2) is 35.4 Å². The Morgan fingerprint density at radius 3 is 1.39 bits per heavy atom. The van der Waals surface area contributed by atoms with Gasteiger partial charge in [0.2, 0.25) is 31.9 Å². The zero-order valence-electron chi connectivity index (χ0n) is 24.2. The largest absolute Gasteiger partial charge is 0.325 e.